The molecule has 17 heavy (non-hydrogen) atoms. The molecule has 0 saturated carbocycles. The molecule has 3 atom stereocenters. The molecule has 0 fully saturated rings. The Bertz CT molecular complexity index is 254. The molecule has 0 aromatic carbocycles. The Balaban J connectivity index is 4.42. The van der Waals surface area contributed by atoms with Crippen molar-refractivity contribution in [3.05, 3.63) is 0 Å². The van der Waals surface area contributed by atoms with Gasteiger partial charge in [0.05, 0.1) is 12.5 Å². The number of amides is 1. The number of ketones is 1. The number of hydrogen-bond acceptors (Lipinski definition) is 4. The predicted octanol–water partition coefficient (Wildman–Crippen LogP) is 0.0767. The molecule has 5 nitrogen and oxygen atoms in total. The summed E-state index contributed by atoms with van der Waals surface area (Å²) in [5, 5.41) is 14.6. The summed E-state index contributed by atoms with van der Waals surface area (Å²) in [6, 6.07) is -0.513. The van der Waals surface area contributed by atoms with E-state index in [1.165, 1.54) is 0 Å². The molecule has 5 heteroatoms. The SMILES string of the molecule is CCC(C)C(=O)[C@H](CNC)NC(=O)C[C@H](C)O. The van der Waals surface area contributed by atoms with Crippen LogP contribution in [0, 0.1) is 5.92 Å². The van der Waals surface area contributed by atoms with Gasteiger partial charge in [-0.1, -0.05) is 13.8 Å². The average molecular weight is 244 g/mol. The Morgan fingerprint density at radius 1 is 1.29 bits per heavy atom. The predicted molar refractivity (Wildman–Crippen MR) is 66.6 cm³/mol. The number of Topliss-reactive ketones (excluding diaryl/α,β-unsaturated/α-hetero) is 1. The number of nitrogens with one attached hydrogen (secondary N) is 2. The molecule has 0 aromatic rings. The van der Waals surface area contributed by atoms with Gasteiger partial charge in [-0.05, 0) is 20.4 Å². The Labute approximate surface area is 103 Å². The van der Waals surface area contributed by atoms with Gasteiger partial charge in [0.2, 0.25) is 5.91 Å². The van der Waals surface area contributed by atoms with Gasteiger partial charge in [0.25, 0.3) is 0 Å². The van der Waals surface area contributed by atoms with Crippen molar-refractivity contribution in [1.82, 2.24) is 10.6 Å². The van der Waals surface area contributed by atoms with Crippen LogP contribution in [0.15, 0.2) is 0 Å². The normalized spacial score (nSPS) is 16.1. The Hall–Kier alpha value is -0.940. The van der Waals surface area contributed by atoms with Gasteiger partial charge >= 0.3 is 0 Å². The standard InChI is InChI=1S/C12H24N2O3/c1-5-8(2)12(17)10(7-13-4)14-11(16)6-9(3)15/h8-10,13,15H,5-7H2,1-4H3,(H,14,16)/t8?,9-,10-/m0/s1. The first-order valence-electron chi connectivity index (χ1n) is 6.08. The van der Waals surface area contributed by atoms with Crippen LogP contribution in [0.2, 0.25) is 0 Å². The van der Waals surface area contributed by atoms with Crippen molar-refractivity contribution in [3.8, 4) is 0 Å². The van der Waals surface area contributed by atoms with Crippen molar-refractivity contribution in [2.45, 2.75) is 45.8 Å². The number of likely N-dealkylation sites (N-methyl/N-ethyl adjacent to an activating group) is 1. The molecule has 0 aliphatic carbocycles. The lowest BCUT2D eigenvalue weighted by Gasteiger charge is -2.20. The molecule has 1 unspecified atom stereocenters. The maximum atomic E-state index is 12.0. The van der Waals surface area contributed by atoms with E-state index in [0.29, 0.717) is 6.54 Å². The van der Waals surface area contributed by atoms with Crippen molar-refractivity contribution in [2.24, 2.45) is 5.92 Å². The Morgan fingerprint density at radius 2 is 1.88 bits per heavy atom. The molecule has 0 aromatic heterocycles. The summed E-state index contributed by atoms with van der Waals surface area (Å²) in [5.41, 5.74) is 0. The second-order valence-corrected chi connectivity index (χ2v) is 4.44. The van der Waals surface area contributed by atoms with Gasteiger partial charge in [-0.2, -0.15) is 0 Å². The quantitative estimate of drug-likeness (QED) is 0.565. The smallest absolute Gasteiger partial charge is 0.223 e. The van der Waals surface area contributed by atoms with Crippen LogP contribution in [0.1, 0.15) is 33.6 Å². The zero-order valence-corrected chi connectivity index (χ0v) is 11.1. The topological polar surface area (TPSA) is 78.4 Å². The molecule has 0 radical (unpaired) electrons. The third-order valence-electron chi connectivity index (χ3n) is 2.67. The number of aliphatic hydroxyl groups is 1. The van der Waals surface area contributed by atoms with Crippen molar-refractivity contribution in [3.63, 3.8) is 0 Å². The van der Waals surface area contributed by atoms with Crippen molar-refractivity contribution < 1.29 is 14.7 Å². The molecule has 0 rings (SSSR count). The highest BCUT2D eigenvalue weighted by Gasteiger charge is 2.24. The van der Waals surface area contributed by atoms with Crippen LogP contribution in [0.4, 0.5) is 0 Å². The van der Waals surface area contributed by atoms with Crippen LogP contribution in [0.3, 0.4) is 0 Å². The summed E-state index contributed by atoms with van der Waals surface area (Å²) in [4.78, 5) is 23.5. The van der Waals surface area contributed by atoms with Crippen molar-refractivity contribution in [1.29, 1.82) is 0 Å². The van der Waals surface area contributed by atoms with E-state index in [1.54, 1.807) is 14.0 Å². The molecule has 0 aliphatic heterocycles. The van der Waals surface area contributed by atoms with E-state index < -0.39 is 12.1 Å². The maximum Gasteiger partial charge on any atom is 0.223 e. The fraction of sp³-hybridized carbons (Fsp3) is 0.833. The van der Waals surface area contributed by atoms with E-state index in [0.717, 1.165) is 6.42 Å². The van der Waals surface area contributed by atoms with E-state index in [4.69, 9.17) is 5.11 Å². The highest BCUT2D eigenvalue weighted by Crippen LogP contribution is 2.06. The minimum absolute atomic E-state index is 0.0218. The number of aliphatic hydroxyl groups excluding tert-OH is 1. The first-order chi connectivity index (χ1) is 7.92. The van der Waals surface area contributed by atoms with Gasteiger partial charge in [-0.3, -0.25) is 9.59 Å². The summed E-state index contributed by atoms with van der Waals surface area (Å²) < 4.78 is 0. The second kappa shape index (κ2) is 8.20. The van der Waals surface area contributed by atoms with E-state index in [9.17, 15) is 9.59 Å². The lowest BCUT2D eigenvalue weighted by molar-refractivity contribution is -0.130. The van der Waals surface area contributed by atoms with E-state index >= 15 is 0 Å². The second-order valence-electron chi connectivity index (χ2n) is 4.44. The number of rotatable bonds is 8. The summed E-state index contributed by atoms with van der Waals surface area (Å²) >= 11 is 0. The minimum atomic E-state index is -0.691. The summed E-state index contributed by atoms with van der Waals surface area (Å²) in [7, 11) is 1.73. The van der Waals surface area contributed by atoms with Crippen molar-refractivity contribution >= 4 is 11.7 Å². The molecule has 0 heterocycles. The molecule has 100 valence electrons. The molecule has 3 N–H and O–H groups in total. The molecular weight excluding hydrogens is 220 g/mol. The summed E-state index contributed by atoms with van der Waals surface area (Å²) in [6.45, 7) is 5.75. The van der Waals surface area contributed by atoms with Crippen LogP contribution < -0.4 is 10.6 Å². The fourth-order valence-corrected chi connectivity index (χ4v) is 1.49. The third kappa shape index (κ3) is 6.38. The van der Waals surface area contributed by atoms with Gasteiger partial charge in [0.15, 0.2) is 5.78 Å². The van der Waals surface area contributed by atoms with Gasteiger partial charge in [-0.15, -0.1) is 0 Å². The van der Waals surface area contributed by atoms with Gasteiger partial charge in [0.1, 0.15) is 6.04 Å². The van der Waals surface area contributed by atoms with Crippen LogP contribution >= 0.6 is 0 Å². The summed E-state index contributed by atoms with van der Waals surface area (Å²) in [5.74, 6) is -0.335. The van der Waals surface area contributed by atoms with Gasteiger partial charge in [0, 0.05) is 12.5 Å². The highest BCUT2D eigenvalue weighted by atomic mass is 16.3. The van der Waals surface area contributed by atoms with Crippen LogP contribution in [-0.2, 0) is 9.59 Å². The third-order valence-corrected chi connectivity index (χ3v) is 2.67. The lowest BCUT2D eigenvalue weighted by Crippen LogP contribution is -2.48. The van der Waals surface area contributed by atoms with E-state index in [2.05, 4.69) is 10.6 Å². The highest BCUT2D eigenvalue weighted by molar-refractivity contribution is 5.90. The molecule has 0 saturated heterocycles. The first-order valence-corrected chi connectivity index (χ1v) is 6.08. The minimum Gasteiger partial charge on any atom is -0.393 e. The largest absolute Gasteiger partial charge is 0.393 e. The number of carbonyl (C=O) groups is 2. The fourth-order valence-electron chi connectivity index (χ4n) is 1.49. The molecule has 1 amide bonds. The first kappa shape index (κ1) is 16.1. The number of hydrogen-bond donors (Lipinski definition) is 3. The maximum absolute atomic E-state index is 12.0. The van der Waals surface area contributed by atoms with Gasteiger partial charge < -0.3 is 15.7 Å². The monoisotopic (exact) mass is 244 g/mol. The van der Waals surface area contributed by atoms with Crippen molar-refractivity contribution in [2.75, 3.05) is 13.6 Å². The Morgan fingerprint density at radius 3 is 2.29 bits per heavy atom. The summed E-state index contributed by atoms with van der Waals surface area (Å²) in [6.07, 6.45) is 0.0863. The molecule has 0 aliphatic rings. The zero-order valence-electron chi connectivity index (χ0n) is 11.1. The van der Waals surface area contributed by atoms with E-state index in [-0.39, 0.29) is 24.0 Å². The molecule has 0 bridgehead atoms. The Kier molecular flexibility index (Phi) is 7.74. The molecule has 0 spiro atoms. The molecular formula is C12H24N2O3. The van der Waals surface area contributed by atoms with Crippen LogP contribution in [0.25, 0.3) is 0 Å². The van der Waals surface area contributed by atoms with Crippen LogP contribution in [-0.4, -0.2) is 42.5 Å². The zero-order chi connectivity index (χ0) is 13.4. The average Bonchev–Trinajstić information content (AvgIpc) is 2.25. The van der Waals surface area contributed by atoms with Crippen LogP contribution in [0.5, 0.6) is 0 Å². The van der Waals surface area contributed by atoms with Gasteiger partial charge in [-0.25, -0.2) is 0 Å². The lowest BCUT2D eigenvalue weighted by atomic mass is 9.97. The number of carbonyl (C=O) groups excluding carboxylic acids is 2. The van der Waals surface area contributed by atoms with E-state index in [1.807, 2.05) is 13.8 Å².